The molecule has 0 aliphatic carbocycles. The summed E-state index contributed by atoms with van der Waals surface area (Å²) in [5, 5.41) is 2.80. The lowest BCUT2D eigenvalue weighted by atomic mass is 10.2. The number of nitrogens with one attached hydrogen (secondary N) is 1. The largest absolute Gasteiger partial charge is 0.449 e. The molecule has 0 saturated heterocycles. The van der Waals surface area contributed by atoms with E-state index in [9.17, 15) is 9.59 Å². The minimum Gasteiger partial charge on any atom is -0.449 e. The first-order valence-corrected chi connectivity index (χ1v) is 7.82. The van der Waals surface area contributed by atoms with E-state index < -0.39 is 6.09 Å². The van der Waals surface area contributed by atoms with Gasteiger partial charge in [-0.2, -0.15) is 0 Å². The molecule has 2 amide bonds. The Kier molecular flexibility index (Phi) is 8.11. The highest BCUT2D eigenvalue weighted by Crippen LogP contribution is 2.17. The molecular formula is C17H26N2O4. The topological polar surface area (TPSA) is 67.9 Å². The Labute approximate surface area is 137 Å². The molecule has 0 radical (unpaired) electrons. The molecule has 128 valence electrons. The number of amides is 2. The van der Waals surface area contributed by atoms with Crippen LogP contribution in [0.2, 0.25) is 0 Å². The van der Waals surface area contributed by atoms with Crippen LogP contribution in [0.4, 0.5) is 16.2 Å². The Morgan fingerprint density at radius 3 is 2.43 bits per heavy atom. The molecule has 0 bridgehead atoms. The zero-order chi connectivity index (χ0) is 17.2. The van der Waals surface area contributed by atoms with Crippen molar-refractivity contribution in [2.24, 2.45) is 5.92 Å². The standard InChI is InChI=1S/C17H26N2O4/c1-5-23-17(21)19(4)15-8-6-14(7-9-15)18-16(20)10-11-22-12-13(2)3/h6-9,13H,5,10-12H2,1-4H3,(H,18,20). The Morgan fingerprint density at radius 1 is 1.22 bits per heavy atom. The lowest BCUT2D eigenvalue weighted by Gasteiger charge is -2.17. The van der Waals surface area contributed by atoms with Crippen LogP contribution in [0.5, 0.6) is 0 Å². The van der Waals surface area contributed by atoms with Crippen LogP contribution in [0.25, 0.3) is 0 Å². The number of carbonyl (C=O) groups excluding carboxylic acids is 2. The lowest BCUT2D eigenvalue weighted by molar-refractivity contribution is -0.117. The third-order valence-electron chi connectivity index (χ3n) is 3.00. The fourth-order valence-electron chi connectivity index (χ4n) is 1.80. The molecule has 0 unspecified atom stereocenters. The van der Waals surface area contributed by atoms with E-state index >= 15 is 0 Å². The van der Waals surface area contributed by atoms with Crippen LogP contribution < -0.4 is 10.2 Å². The zero-order valence-corrected chi connectivity index (χ0v) is 14.3. The van der Waals surface area contributed by atoms with E-state index in [4.69, 9.17) is 9.47 Å². The summed E-state index contributed by atoms with van der Waals surface area (Å²) < 4.78 is 10.3. The second-order valence-electron chi connectivity index (χ2n) is 5.57. The number of ether oxygens (including phenoxy) is 2. The summed E-state index contributed by atoms with van der Waals surface area (Å²) in [6.07, 6.45) is -0.0939. The van der Waals surface area contributed by atoms with Crippen LogP contribution in [0.15, 0.2) is 24.3 Å². The van der Waals surface area contributed by atoms with Crippen LogP contribution in [-0.2, 0) is 14.3 Å². The first-order valence-electron chi connectivity index (χ1n) is 7.82. The minimum absolute atomic E-state index is 0.0970. The van der Waals surface area contributed by atoms with Gasteiger partial charge in [-0.15, -0.1) is 0 Å². The van der Waals surface area contributed by atoms with Crippen molar-refractivity contribution in [1.82, 2.24) is 0 Å². The molecule has 0 aliphatic heterocycles. The van der Waals surface area contributed by atoms with Crippen LogP contribution in [0, 0.1) is 5.92 Å². The molecule has 0 aromatic heterocycles. The maximum atomic E-state index is 11.8. The Balaban J connectivity index is 2.44. The molecular weight excluding hydrogens is 296 g/mol. The van der Waals surface area contributed by atoms with Gasteiger partial charge in [-0.25, -0.2) is 4.79 Å². The van der Waals surface area contributed by atoms with E-state index in [0.29, 0.717) is 43.5 Å². The lowest BCUT2D eigenvalue weighted by Crippen LogP contribution is -2.26. The average Bonchev–Trinajstić information content (AvgIpc) is 2.51. The van der Waals surface area contributed by atoms with Gasteiger partial charge < -0.3 is 14.8 Å². The number of anilines is 2. The molecule has 1 aromatic carbocycles. The predicted molar refractivity (Wildman–Crippen MR) is 90.8 cm³/mol. The Morgan fingerprint density at radius 2 is 1.87 bits per heavy atom. The van der Waals surface area contributed by atoms with Crippen molar-refractivity contribution < 1.29 is 19.1 Å². The highest BCUT2D eigenvalue weighted by atomic mass is 16.6. The van der Waals surface area contributed by atoms with E-state index in [0.717, 1.165) is 0 Å². The fourth-order valence-corrected chi connectivity index (χ4v) is 1.80. The molecule has 6 heteroatoms. The molecule has 1 N–H and O–H groups in total. The number of hydrogen-bond acceptors (Lipinski definition) is 4. The van der Waals surface area contributed by atoms with Crippen LogP contribution in [0.1, 0.15) is 27.2 Å². The number of rotatable bonds is 8. The molecule has 0 saturated carbocycles. The summed E-state index contributed by atoms with van der Waals surface area (Å²) in [5.41, 5.74) is 1.38. The van der Waals surface area contributed by atoms with Crippen LogP contribution in [0.3, 0.4) is 0 Å². The second kappa shape index (κ2) is 9.84. The molecule has 0 atom stereocenters. The summed E-state index contributed by atoms with van der Waals surface area (Å²) in [5.74, 6) is 0.363. The number of carbonyl (C=O) groups is 2. The highest BCUT2D eigenvalue weighted by Gasteiger charge is 2.11. The summed E-state index contributed by atoms with van der Waals surface area (Å²) >= 11 is 0. The van der Waals surface area contributed by atoms with Gasteiger partial charge in [-0.1, -0.05) is 13.8 Å². The van der Waals surface area contributed by atoms with Crippen molar-refractivity contribution in [2.75, 3.05) is 37.1 Å². The van der Waals surface area contributed by atoms with E-state index in [2.05, 4.69) is 19.2 Å². The van der Waals surface area contributed by atoms with Crippen molar-refractivity contribution >= 4 is 23.4 Å². The van der Waals surface area contributed by atoms with E-state index in [1.54, 1.807) is 38.2 Å². The summed E-state index contributed by atoms with van der Waals surface area (Å²) in [6.45, 7) is 7.28. The molecule has 0 fully saturated rings. The van der Waals surface area contributed by atoms with Gasteiger partial charge in [0, 0.05) is 25.0 Å². The van der Waals surface area contributed by atoms with Crippen molar-refractivity contribution in [2.45, 2.75) is 27.2 Å². The van der Waals surface area contributed by atoms with Gasteiger partial charge in [-0.05, 0) is 37.1 Å². The van der Waals surface area contributed by atoms with Crippen LogP contribution in [-0.4, -0.2) is 38.9 Å². The van der Waals surface area contributed by atoms with Crippen molar-refractivity contribution in [3.8, 4) is 0 Å². The smallest absolute Gasteiger partial charge is 0.413 e. The Bertz CT molecular complexity index is 500. The molecule has 0 heterocycles. The van der Waals surface area contributed by atoms with Crippen molar-refractivity contribution in [3.05, 3.63) is 24.3 Å². The van der Waals surface area contributed by atoms with Gasteiger partial charge in [0.05, 0.1) is 19.6 Å². The number of nitrogens with zero attached hydrogens (tertiary/aromatic N) is 1. The summed E-state index contributed by atoms with van der Waals surface area (Å²) in [6, 6.07) is 7.00. The molecule has 1 rings (SSSR count). The molecule has 6 nitrogen and oxygen atoms in total. The maximum Gasteiger partial charge on any atom is 0.413 e. The van der Waals surface area contributed by atoms with Crippen LogP contribution >= 0.6 is 0 Å². The van der Waals surface area contributed by atoms with Gasteiger partial charge in [-0.3, -0.25) is 9.69 Å². The Hall–Kier alpha value is -2.08. The average molecular weight is 322 g/mol. The van der Waals surface area contributed by atoms with Gasteiger partial charge in [0.2, 0.25) is 5.91 Å². The van der Waals surface area contributed by atoms with E-state index in [-0.39, 0.29) is 5.91 Å². The number of hydrogen-bond donors (Lipinski definition) is 1. The fraction of sp³-hybridized carbons (Fsp3) is 0.529. The first-order chi connectivity index (χ1) is 10.9. The van der Waals surface area contributed by atoms with Gasteiger partial charge in [0.25, 0.3) is 0 Å². The van der Waals surface area contributed by atoms with Gasteiger partial charge >= 0.3 is 6.09 Å². The first kappa shape index (κ1) is 19.0. The third-order valence-corrected chi connectivity index (χ3v) is 3.00. The van der Waals surface area contributed by atoms with E-state index in [1.165, 1.54) is 4.90 Å². The predicted octanol–water partition coefficient (Wildman–Crippen LogP) is 3.28. The van der Waals surface area contributed by atoms with Gasteiger partial charge in [0.15, 0.2) is 0 Å². The SMILES string of the molecule is CCOC(=O)N(C)c1ccc(NC(=O)CCOCC(C)C)cc1. The number of benzene rings is 1. The molecule has 1 aromatic rings. The minimum atomic E-state index is -0.411. The molecule has 0 aliphatic rings. The van der Waals surface area contributed by atoms with E-state index in [1.807, 2.05) is 0 Å². The summed E-state index contributed by atoms with van der Waals surface area (Å²) in [4.78, 5) is 24.8. The highest BCUT2D eigenvalue weighted by molar-refractivity contribution is 5.91. The molecule has 0 spiro atoms. The summed E-state index contributed by atoms with van der Waals surface area (Å²) in [7, 11) is 1.64. The van der Waals surface area contributed by atoms with Gasteiger partial charge in [0.1, 0.15) is 0 Å². The van der Waals surface area contributed by atoms with Crippen molar-refractivity contribution in [1.29, 1.82) is 0 Å². The molecule has 23 heavy (non-hydrogen) atoms. The zero-order valence-electron chi connectivity index (χ0n) is 14.3. The van der Waals surface area contributed by atoms with Crippen molar-refractivity contribution in [3.63, 3.8) is 0 Å². The third kappa shape index (κ3) is 7.15. The normalized spacial score (nSPS) is 10.5. The second-order valence-corrected chi connectivity index (χ2v) is 5.57. The monoisotopic (exact) mass is 322 g/mol. The quantitative estimate of drug-likeness (QED) is 0.746. The maximum absolute atomic E-state index is 11.8.